The van der Waals surface area contributed by atoms with Crippen molar-refractivity contribution < 1.29 is 9.53 Å². The Labute approximate surface area is 112 Å². The van der Waals surface area contributed by atoms with Crippen molar-refractivity contribution in [2.45, 2.75) is 13.8 Å². The summed E-state index contributed by atoms with van der Waals surface area (Å²) in [4.78, 5) is 13.5. The van der Waals surface area contributed by atoms with Crippen LogP contribution in [-0.2, 0) is 0 Å². The molecule has 1 heterocycles. The molecule has 0 fully saturated rings. The lowest BCUT2D eigenvalue weighted by Gasteiger charge is -2.09. The van der Waals surface area contributed by atoms with Gasteiger partial charge in [0.2, 0.25) is 0 Å². The van der Waals surface area contributed by atoms with Gasteiger partial charge < -0.3 is 15.8 Å². The number of methoxy groups -OCH3 is 1. The standard InChI is InChI=1S/C11H18N2O2S.ClH/c1-7(5-12)6-13-11(14)10-9(15-3)4-8(2)16-10;/h4,7H,5-6,12H2,1-3H3,(H,13,14);1H. The number of hydrogen-bond acceptors (Lipinski definition) is 4. The number of nitrogens with two attached hydrogens (primary N) is 1. The zero-order valence-corrected chi connectivity index (χ0v) is 11.9. The Morgan fingerprint density at radius 1 is 1.65 bits per heavy atom. The summed E-state index contributed by atoms with van der Waals surface area (Å²) in [6.07, 6.45) is 0. The molecule has 1 aromatic rings. The Hall–Kier alpha value is -0.780. The Bertz CT molecular complexity index is 368. The van der Waals surface area contributed by atoms with Crippen LogP contribution in [-0.4, -0.2) is 26.1 Å². The quantitative estimate of drug-likeness (QED) is 0.863. The maximum atomic E-state index is 11.8. The Kier molecular flexibility index (Phi) is 7.18. The molecule has 17 heavy (non-hydrogen) atoms. The third-order valence-electron chi connectivity index (χ3n) is 2.26. The van der Waals surface area contributed by atoms with Crippen LogP contribution in [0.5, 0.6) is 5.75 Å². The molecule has 0 radical (unpaired) electrons. The number of amides is 1. The largest absolute Gasteiger partial charge is 0.495 e. The van der Waals surface area contributed by atoms with E-state index in [9.17, 15) is 4.79 Å². The summed E-state index contributed by atoms with van der Waals surface area (Å²) in [5.41, 5.74) is 5.48. The molecule has 0 aromatic carbocycles. The van der Waals surface area contributed by atoms with Crippen LogP contribution in [0.4, 0.5) is 0 Å². The molecule has 0 aliphatic heterocycles. The van der Waals surface area contributed by atoms with Crippen molar-refractivity contribution in [2.24, 2.45) is 11.7 Å². The lowest BCUT2D eigenvalue weighted by molar-refractivity contribution is 0.0950. The normalized spacial score (nSPS) is 11.5. The van der Waals surface area contributed by atoms with Crippen molar-refractivity contribution in [3.05, 3.63) is 15.8 Å². The molecule has 1 unspecified atom stereocenters. The van der Waals surface area contributed by atoms with Gasteiger partial charge in [-0.1, -0.05) is 6.92 Å². The van der Waals surface area contributed by atoms with Gasteiger partial charge in [-0.3, -0.25) is 4.79 Å². The van der Waals surface area contributed by atoms with Gasteiger partial charge in [0.25, 0.3) is 5.91 Å². The second-order valence-corrected chi connectivity index (χ2v) is 5.06. The van der Waals surface area contributed by atoms with Crippen molar-refractivity contribution in [2.75, 3.05) is 20.2 Å². The summed E-state index contributed by atoms with van der Waals surface area (Å²) in [5, 5.41) is 2.85. The zero-order valence-electron chi connectivity index (χ0n) is 10.3. The molecule has 0 aliphatic rings. The molecule has 0 aliphatic carbocycles. The predicted octanol–water partition coefficient (Wildman–Crippen LogP) is 1.81. The van der Waals surface area contributed by atoms with E-state index in [4.69, 9.17) is 10.5 Å². The highest BCUT2D eigenvalue weighted by Crippen LogP contribution is 2.28. The van der Waals surface area contributed by atoms with E-state index in [0.717, 1.165) is 4.88 Å². The van der Waals surface area contributed by atoms with Gasteiger partial charge in [-0.15, -0.1) is 23.7 Å². The molecule has 0 saturated carbocycles. The number of aryl methyl sites for hydroxylation is 1. The monoisotopic (exact) mass is 278 g/mol. The van der Waals surface area contributed by atoms with Crippen molar-refractivity contribution in [1.82, 2.24) is 5.32 Å². The first-order chi connectivity index (χ1) is 7.58. The van der Waals surface area contributed by atoms with Crippen LogP contribution in [0.15, 0.2) is 6.07 Å². The fourth-order valence-corrected chi connectivity index (χ4v) is 2.13. The first-order valence-corrected chi connectivity index (χ1v) is 6.02. The molecular formula is C11H19ClN2O2S. The molecule has 1 atom stereocenters. The molecule has 4 nitrogen and oxygen atoms in total. The SMILES string of the molecule is COc1cc(C)sc1C(=O)NCC(C)CN.Cl. The van der Waals surface area contributed by atoms with Gasteiger partial charge >= 0.3 is 0 Å². The maximum Gasteiger partial charge on any atom is 0.265 e. The van der Waals surface area contributed by atoms with E-state index in [1.54, 1.807) is 7.11 Å². The first-order valence-electron chi connectivity index (χ1n) is 5.21. The molecule has 1 rings (SSSR count). The van der Waals surface area contributed by atoms with Gasteiger partial charge in [-0.2, -0.15) is 0 Å². The van der Waals surface area contributed by atoms with Crippen molar-refractivity contribution in [1.29, 1.82) is 0 Å². The Morgan fingerprint density at radius 3 is 2.82 bits per heavy atom. The molecule has 3 N–H and O–H groups in total. The molecule has 1 amide bonds. The first kappa shape index (κ1) is 16.2. The minimum Gasteiger partial charge on any atom is -0.495 e. The fourth-order valence-electron chi connectivity index (χ4n) is 1.23. The highest BCUT2D eigenvalue weighted by Gasteiger charge is 2.15. The average Bonchev–Trinajstić information content (AvgIpc) is 2.66. The van der Waals surface area contributed by atoms with Gasteiger partial charge in [0.1, 0.15) is 10.6 Å². The number of halogens is 1. The van der Waals surface area contributed by atoms with Crippen LogP contribution in [0.3, 0.4) is 0 Å². The summed E-state index contributed by atoms with van der Waals surface area (Å²) in [5.74, 6) is 0.839. The molecule has 6 heteroatoms. The summed E-state index contributed by atoms with van der Waals surface area (Å²) >= 11 is 1.44. The summed E-state index contributed by atoms with van der Waals surface area (Å²) < 4.78 is 5.15. The minimum atomic E-state index is -0.0877. The highest BCUT2D eigenvalue weighted by atomic mass is 35.5. The van der Waals surface area contributed by atoms with Gasteiger partial charge in [0.05, 0.1) is 7.11 Å². The average molecular weight is 279 g/mol. The predicted molar refractivity (Wildman–Crippen MR) is 73.4 cm³/mol. The fraction of sp³-hybridized carbons (Fsp3) is 0.545. The molecule has 0 spiro atoms. The van der Waals surface area contributed by atoms with Crippen molar-refractivity contribution in [3.8, 4) is 5.75 Å². The third kappa shape index (κ3) is 4.53. The topological polar surface area (TPSA) is 64.3 Å². The zero-order chi connectivity index (χ0) is 12.1. The number of carbonyl (C=O) groups excluding carboxylic acids is 1. The van der Waals surface area contributed by atoms with Crippen LogP contribution in [0.2, 0.25) is 0 Å². The van der Waals surface area contributed by atoms with E-state index in [0.29, 0.717) is 23.7 Å². The number of ether oxygens (including phenoxy) is 1. The van der Waals surface area contributed by atoms with E-state index in [1.807, 2.05) is 19.9 Å². The van der Waals surface area contributed by atoms with Crippen LogP contribution < -0.4 is 15.8 Å². The minimum absolute atomic E-state index is 0. The van der Waals surface area contributed by atoms with Gasteiger partial charge in [0, 0.05) is 11.4 Å². The van der Waals surface area contributed by atoms with Crippen LogP contribution in [0.1, 0.15) is 21.5 Å². The molecular weight excluding hydrogens is 260 g/mol. The van der Waals surface area contributed by atoms with Crippen molar-refractivity contribution in [3.63, 3.8) is 0 Å². The van der Waals surface area contributed by atoms with Crippen LogP contribution in [0, 0.1) is 12.8 Å². The second-order valence-electron chi connectivity index (χ2n) is 3.81. The number of thiophene rings is 1. The van der Waals surface area contributed by atoms with Crippen LogP contribution in [0.25, 0.3) is 0 Å². The Balaban J connectivity index is 0.00000256. The van der Waals surface area contributed by atoms with Gasteiger partial charge in [-0.05, 0) is 25.5 Å². The van der Waals surface area contributed by atoms with Crippen LogP contribution >= 0.6 is 23.7 Å². The highest BCUT2D eigenvalue weighted by molar-refractivity contribution is 7.14. The summed E-state index contributed by atoms with van der Waals surface area (Å²) in [6, 6.07) is 1.87. The van der Waals surface area contributed by atoms with Gasteiger partial charge in [-0.25, -0.2) is 0 Å². The number of rotatable bonds is 5. The van der Waals surface area contributed by atoms with E-state index in [-0.39, 0.29) is 24.2 Å². The van der Waals surface area contributed by atoms with E-state index in [2.05, 4.69) is 5.32 Å². The van der Waals surface area contributed by atoms with E-state index < -0.39 is 0 Å². The number of carbonyl (C=O) groups is 1. The summed E-state index contributed by atoms with van der Waals surface area (Å²) in [6.45, 7) is 5.11. The van der Waals surface area contributed by atoms with Gasteiger partial charge in [0.15, 0.2) is 0 Å². The molecule has 0 saturated heterocycles. The molecule has 98 valence electrons. The number of nitrogens with one attached hydrogen (secondary N) is 1. The van der Waals surface area contributed by atoms with E-state index in [1.165, 1.54) is 11.3 Å². The second kappa shape index (κ2) is 7.53. The summed E-state index contributed by atoms with van der Waals surface area (Å²) in [7, 11) is 1.57. The lowest BCUT2D eigenvalue weighted by atomic mass is 10.2. The number of hydrogen-bond donors (Lipinski definition) is 2. The smallest absolute Gasteiger partial charge is 0.265 e. The van der Waals surface area contributed by atoms with E-state index >= 15 is 0 Å². The lowest BCUT2D eigenvalue weighted by Crippen LogP contribution is -2.30. The maximum absolute atomic E-state index is 11.8. The molecule has 1 aromatic heterocycles. The third-order valence-corrected chi connectivity index (χ3v) is 3.29. The van der Waals surface area contributed by atoms with Crippen molar-refractivity contribution >= 4 is 29.7 Å². The molecule has 0 bridgehead atoms. The Morgan fingerprint density at radius 2 is 2.29 bits per heavy atom.